The van der Waals surface area contributed by atoms with Gasteiger partial charge in [0.1, 0.15) is 0 Å². The van der Waals surface area contributed by atoms with E-state index in [0.717, 1.165) is 64.4 Å². The summed E-state index contributed by atoms with van der Waals surface area (Å²) in [5, 5.41) is 6.61. The number of guanidine groups is 1. The van der Waals surface area contributed by atoms with E-state index >= 15 is 0 Å². The summed E-state index contributed by atoms with van der Waals surface area (Å²) in [7, 11) is 1.71. The molecule has 0 radical (unpaired) electrons. The van der Waals surface area contributed by atoms with E-state index in [1.54, 1.807) is 7.11 Å². The Balaban J connectivity index is 2.35. The van der Waals surface area contributed by atoms with Gasteiger partial charge in [0.25, 0.3) is 0 Å². The molecule has 1 atom stereocenters. The van der Waals surface area contributed by atoms with Gasteiger partial charge in [-0.25, -0.2) is 0 Å². The Bertz CT molecular complexity index is 347. The van der Waals surface area contributed by atoms with Gasteiger partial charge in [-0.3, -0.25) is 9.79 Å². The fourth-order valence-electron chi connectivity index (χ4n) is 2.73. The number of carbonyl (C=O) groups is 1. The van der Waals surface area contributed by atoms with Gasteiger partial charge >= 0.3 is 0 Å². The summed E-state index contributed by atoms with van der Waals surface area (Å²) in [6.07, 6.45) is 4.62. The molecule has 2 N–H and O–H groups in total. The number of methoxy groups -OCH3 is 1. The zero-order valence-electron chi connectivity index (χ0n) is 14.4. The van der Waals surface area contributed by atoms with Gasteiger partial charge in [0, 0.05) is 52.4 Å². The Hall–Kier alpha value is -1.30. The Morgan fingerprint density at radius 1 is 1.41 bits per heavy atom. The average molecular weight is 312 g/mol. The molecule has 22 heavy (non-hydrogen) atoms. The van der Waals surface area contributed by atoms with Crippen molar-refractivity contribution in [2.24, 2.45) is 4.99 Å². The lowest BCUT2D eigenvalue weighted by Crippen LogP contribution is -2.42. The van der Waals surface area contributed by atoms with Crippen molar-refractivity contribution in [3.63, 3.8) is 0 Å². The van der Waals surface area contributed by atoms with Crippen LogP contribution in [0.3, 0.4) is 0 Å². The van der Waals surface area contributed by atoms with Crippen LogP contribution in [0.15, 0.2) is 4.99 Å². The van der Waals surface area contributed by atoms with Crippen molar-refractivity contribution in [1.29, 1.82) is 0 Å². The summed E-state index contributed by atoms with van der Waals surface area (Å²) in [5.41, 5.74) is 0. The molecule has 128 valence electrons. The minimum Gasteiger partial charge on any atom is -0.385 e. The highest BCUT2D eigenvalue weighted by Gasteiger charge is 2.26. The number of nitrogens with zero attached hydrogens (tertiary/aromatic N) is 2. The van der Waals surface area contributed by atoms with Crippen molar-refractivity contribution in [2.75, 3.05) is 39.9 Å². The first-order chi connectivity index (χ1) is 10.7. The lowest BCUT2D eigenvalue weighted by Gasteiger charge is -2.27. The predicted octanol–water partition coefficient (Wildman–Crippen LogP) is 1.37. The molecule has 1 unspecified atom stereocenters. The van der Waals surface area contributed by atoms with Gasteiger partial charge < -0.3 is 20.3 Å². The molecule has 0 aromatic carbocycles. The SMILES string of the molecule is CCNC(=NCCCOC)NCCC(CC)N1CCCC1=O. The molecule has 1 rings (SSSR count). The molecule has 0 aromatic heterocycles. The molecule has 1 saturated heterocycles. The van der Waals surface area contributed by atoms with Gasteiger partial charge in [-0.2, -0.15) is 0 Å². The molecule has 6 heteroatoms. The van der Waals surface area contributed by atoms with E-state index in [1.165, 1.54) is 0 Å². The predicted molar refractivity (Wildman–Crippen MR) is 90.1 cm³/mol. The van der Waals surface area contributed by atoms with Crippen molar-refractivity contribution in [3.8, 4) is 0 Å². The van der Waals surface area contributed by atoms with Gasteiger partial charge in [0.15, 0.2) is 5.96 Å². The quantitative estimate of drug-likeness (QED) is 0.363. The monoisotopic (exact) mass is 312 g/mol. The fourth-order valence-corrected chi connectivity index (χ4v) is 2.73. The minimum absolute atomic E-state index is 0.312. The van der Waals surface area contributed by atoms with Crippen LogP contribution in [-0.2, 0) is 9.53 Å². The first-order valence-corrected chi connectivity index (χ1v) is 8.53. The first kappa shape index (κ1) is 18.7. The van der Waals surface area contributed by atoms with Gasteiger partial charge in [0.05, 0.1) is 0 Å². The van der Waals surface area contributed by atoms with Crippen LogP contribution in [0.1, 0.15) is 46.0 Å². The van der Waals surface area contributed by atoms with Crippen LogP contribution in [0, 0.1) is 0 Å². The molecule has 1 aliphatic heterocycles. The molecule has 1 amide bonds. The van der Waals surface area contributed by atoms with Crippen LogP contribution in [0.5, 0.6) is 0 Å². The Labute approximate surface area is 134 Å². The number of amides is 1. The largest absolute Gasteiger partial charge is 0.385 e. The van der Waals surface area contributed by atoms with Crippen molar-refractivity contribution in [3.05, 3.63) is 0 Å². The molecule has 0 bridgehead atoms. The maximum absolute atomic E-state index is 11.8. The third kappa shape index (κ3) is 6.64. The molecule has 0 aliphatic carbocycles. The van der Waals surface area contributed by atoms with Gasteiger partial charge in [-0.1, -0.05) is 6.92 Å². The highest BCUT2D eigenvalue weighted by molar-refractivity contribution is 5.80. The van der Waals surface area contributed by atoms with Gasteiger partial charge in [-0.15, -0.1) is 0 Å². The minimum atomic E-state index is 0.312. The molecule has 6 nitrogen and oxygen atoms in total. The summed E-state index contributed by atoms with van der Waals surface area (Å²) in [4.78, 5) is 18.4. The lowest BCUT2D eigenvalue weighted by atomic mass is 10.1. The second kappa shape index (κ2) is 11.3. The summed E-state index contributed by atoms with van der Waals surface area (Å²) in [6, 6.07) is 0.346. The molecule has 1 heterocycles. The summed E-state index contributed by atoms with van der Waals surface area (Å²) < 4.78 is 5.03. The van der Waals surface area contributed by atoms with Crippen LogP contribution < -0.4 is 10.6 Å². The number of aliphatic imine (C=N–C) groups is 1. The van der Waals surface area contributed by atoms with Crippen molar-refractivity contribution in [2.45, 2.75) is 52.0 Å². The highest BCUT2D eigenvalue weighted by atomic mass is 16.5. The molecular formula is C16H32N4O2. The van der Waals surface area contributed by atoms with Gasteiger partial charge in [0.2, 0.25) is 5.91 Å². The van der Waals surface area contributed by atoms with Crippen molar-refractivity contribution >= 4 is 11.9 Å². The van der Waals surface area contributed by atoms with E-state index < -0.39 is 0 Å². The number of hydrogen-bond acceptors (Lipinski definition) is 3. The Kier molecular flexibility index (Phi) is 9.62. The highest BCUT2D eigenvalue weighted by Crippen LogP contribution is 2.17. The third-order valence-corrected chi connectivity index (χ3v) is 3.91. The fraction of sp³-hybridized carbons (Fsp3) is 0.875. The van der Waals surface area contributed by atoms with Crippen LogP contribution in [0.4, 0.5) is 0 Å². The zero-order chi connectivity index (χ0) is 16.2. The number of hydrogen-bond donors (Lipinski definition) is 2. The third-order valence-electron chi connectivity index (χ3n) is 3.91. The van der Waals surface area contributed by atoms with Crippen LogP contribution in [0.25, 0.3) is 0 Å². The molecule has 0 aromatic rings. The maximum atomic E-state index is 11.8. The first-order valence-electron chi connectivity index (χ1n) is 8.53. The van der Waals surface area contributed by atoms with E-state index in [4.69, 9.17) is 4.74 Å². The molecule has 0 saturated carbocycles. The molecule has 1 aliphatic rings. The zero-order valence-corrected chi connectivity index (χ0v) is 14.4. The second-order valence-corrected chi connectivity index (χ2v) is 5.58. The van der Waals surface area contributed by atoms with Crippen molar-refractivity contribution < 1.29 is 9.53 Å². The van der Waals surface area contributed by atoms with Crippen LogP contribution in [-0.4, -0.2) is 62.7 Å². The topological polar surface area (TPSA) is 66.0 Å². The van der Waals surface area contributed by atoms with E-state index in [-0.39, 0.29) is 0 Å². The molecule has 1 fully saturated rings. The maximum Gasteiger partial charge on any atom is 0.222 e. The average Bonchev–Trinajstić information content (AvgIpc) is 2.94. The van der Waals surface area contributed by atoms with Crippen LogP contribution >= 0.6 is 0 Å². The normalized spacial score (nSPS) is 17.0. The summed E-state index contributed by atoms with van der Waals surface area (Å²) in [5.74, 6) is 1.16. The smallest absolute Gasteiger partial charge is 0.222 e. The molecule has 0 spiro atoms. The number of ether oxygens (including phenoxy) is 1. The van der Waals surface area contributed by atoms with E-state index in [2.05, 4.69) is 29.5 Å². The Morgan fingerprint density at radius 3 is 2.82 bits per heavy atom. The summed E-state index contributed by atoms with van der Waals surface area (Å²) in [6.45, 7) is 8.30. The van der Waals surface area contributed by atoms with E-state index in [1.807, 2.05) is 4.90 Å². The van der Waals surface area contributed by atoms with Crippen LogP contribution in [0.2, 0.25) is 0 Å². The second-order valence-electron chi connectivity index (χ2n) is 5.58. The van der Waals surface area contributed by atoms with Gasteiger partial charge in [-0.05, 0) is 32.6 Å². The number of nitrogens with one attached hydrogen (secondary N) is 2. The van der Waals surface area contributed by atoms with E-state index in [0.29, 0.717) is 18.4 Å². The number of likely N-dealkylation sites (tertiary alicyclic amines) is 1. The summed E-state index contributed by atoms with van der Waals surface area (Å²) >= 11 is 0. The number of rotatable bonds is 10. The van der Waals surface area contributed by atoms with Crippen molar-refractivity contribution in [1.82, 2.24) is 15.5 Å². The number of carbonyl (C=O) groups excluding carboxylic acids is 1. The lowest BCUT2D eigenvalue weighted by molar-refractivity contribution is -0.129. The Morgan fingerprint density at radius 2 is 2.23 bits per heavy atom. The van der Waals surface area contributed by atoms with E-state index in [9.17, 15) is 4.79 Å². The molecular weight excluding hydrogens is 280 g/mol. The standard InChI is InChI=1S/C16H32N4O2/c1-4-14(20-12-6-8-15(20)21)9-11-19-16(17-5-2)18-10-7-13-22-3/h14H,4-13H2,1-3H3,(H2,17,18,19).